The Balaban J connectivity index is 2.52. The number of benzene rings is 1. The third-order valence-corrected chi connectivity index (χ3v) is 2.84. The van der Waals surface area contributed by atoms with Crippen molar-refractivity contribution in [1.29, 1.82) is 0 Å². The molecule has 0 spiro atoms. The lowest BCUT2D eigenvalue weighted by molar-refractivity contribution is 0.196. The Hall–Kier alpha value is -2.01. The van der Waals surface area contributed by atoms with Crippen LogP contribution < -0.4 is 9.47 Å². The Kier molecular flexibility index (Phi) is 3.53. The van der Waals surface area contributed by atoms with E-state index in [0.29, 0.717) is 22.9 Å². The number of aliphatic hydroxyl groups excluding tert-OH is 1. The van der Waals surface area contributed by atoms with E-state index in [1.807, 2.05) is 13.1 Å². The summed E-state index contributed by atoms with van der Waals surface area (Å²) in [6.45, 7) is 0. The first-order chi connectivity index (χ1) is 8.69. The normalized spacial score (nSPS) is 12.2. The van der Waals surface area contributed by atoms with Gasteiger partial charge in [0.1, 0.15) is 23.4 Å². The van der Waals surface area contributed by atoms with E-state index in [4.69, 9.17) is 9.47 Å². The van der Waals surface area contributed by atoms with Crippen LogP contribution in [0.15, 0.2) is 30.6 Å². The molecule has 0 amide bonds. The molecule has 0 aliphatic rings. The smallest absolute Gasteiger partial charge is 0.144 e. The summed E-state index contributed by atoms with van der Waals surface area (Å²) in [6, 6.07) is 5.38. The number of aliphatic hydroxyl groups is 1. The van der Waals surface area contributed by atoms with Gasteiger partial charge in [0.15, 0.2) is 0 Å². The number of methoxy groups -OCH3 is 2. The van der Waals surface area contributed by atoms with Crippen LogP contribution in [0.1, 0.15) is 17.5 Å². The molecular formula is C13H16N2O3. The Morgan fingerprint density at radius 1 is 1.22 bits per heavy atom. The van der Waals surface area contributed by atoms with Gasteiger partial charge in [0, 0.05) is 19.4 Å². The van der Waals surface area contributed by atoms with Crippen LogP contribution in [0.4, 0.5) is 0 Å². The van der Waals surface area contributed by atoms with Gasteiger partial charge in [0.05, 0.1) is 19.8 Å². The maximum Gasteiger partial charge on any atom is 0.144 e. The summed E-state index contributed by atoms with van der Waals surface area (Å²) in [6.07, 6.45) is 2.53. The molecule has 0 aliphatic carbocycles. The molecule has 1 N–H and O–H groups in total. The van der Waals surface area contributed by atoms with E-state index in [-0.39, 0.29) is 0 Å². The maximum absolute atomic E-state index is 10.4. The SMILES string of the molecule is COc1cccc(OC)c1C(O)c1nccn1C. The Morgan fingerprint density at radius 3 is 2.28 bits per heavy atom. The number of aryl methyl sites for hydroxylation is 1. The molecule has 5 nitrogen and oxygen atoms in total. The molecule has 5 heteroatoms. The molecule has 1 aromatic carbocycles. The summed E-state index contributed by atoms with van der Waals surface area (Å²) in [4.78, 5) is 4.14. The summed E-state index contributed by atoms with van der Waals surface area (Å²) in [5, 5.41) is 10.4. The van der Waals surface area contributed by atoms with Crippen molar-refractivity contribution in [3.63, 3.8) is 0 Å². The van der Waals surface area contributed by atoms with Crippen LogP contribution in [-0.2, 0) is 7.05 Å². The highest BCUT2D eigenvalue weighted by Gasteiger charge is 2.23. The fraction of sp³-hybridized carbons (Fsp3) is 0.308. The minimum atomic E-state index is -0.892. The van der Waals surface area contributed by atoms with Gasteiger partial charge >= 0.3 is 0 Å². The van der Waals surface area contributed by atoms with Crippen LogP contribution in [0.5, 0.6) is 11.5 Å². The molecule has 18 heavy (non-hydrogen) atoms. The summed E-state index contributed by atoms with van der Waals surface area (Å²) >= 11 is 0. The van der Waals surface area contributed by atoms with E-state index < -0.39 is 6.10 Å². The van der Waals surface area contributed by atoms with E-state index in [0.717, 1.165) is 0 Å². The molecule has 0 saturated carbocycles. The molecule has 0 bridgehead atoms. The number of hydrogen-bond acceptors (Lipinski definition) is 4. The van der Waals surface area contributed by atoms with Gasteiger partial charge in [-0.15, -0.1) is 0 Å². The van der Waals surface area contributed by atoms with E-state index in [9.17, 15) is 5.11 Å². The van der Waals surface area contributed by atoms with Gasteiger partial charge in [-0.1, -0.05) is 6.07 Å². The largest absolute Gasteiger partial charge is 0.496 e. The average molecular weight is 248 g/mol. The summed E-state index contributed by atoms with van der Waals surface area (Å²) in [5.74, 6) is 1.69. The van der Waals surface area contributed by atoms with Crippen molar-refractivity contribution in [3.8, 4) is 11.5 Å². The lowest BCUT2D eigenvalue weighted by atomic mass is 10.1. The van der Waals surface area contributed by atoms with Gasteiger partial charge in [0.2, 0.25) is 0 Å². The highest BCUT2D eigenvalue weighted by molar-refractivity contribution is 5.48. The molecule has 1 unspecified atom stereocenters. The minimum Gasteiger partial charge on any atom is -0.496 e. The minimum absolute atomic E-state index is 0.540. The van der Waals surface area contributed by atoms with E-state index in [2.05, 4.69) is 4.98 Å². The number of nitrogens with zero attached hydrogens (tertiary/aromatic N) is 2. The highest BCUT2D eigenvalue weighted by atomic mass is 16.5. The molecule has 0 aliphatic heterocycles. The van der Waals surface area contributed by atoms with Crippen molar-refractivity contribution in [3.05, 3.63) is 42.0 Å². The zero-order valence-electron chi connectivity index (χ0n) is 10.6. The first kappa shape index (κ1) is 12.4. The second-order valence-electron chi connectivity index (χ2n) is 3.88. The zero-order valence-corrected chi connectivity index (χ0v) is 10.6. The van der Waals surface area contributed by atoms with Crippen molar-refractivity contribution in [2.24, 2.45) is 7.05 Å². The topological polar surface area (TPSA) is 56.5 Å². The van der Waals surface area contributed by atoms with E-state index >= 15 is 0 Å². The summed E-state index contributed by atoms with van der Waals surface area (Å²) < 4.78 is 12.3. The average Bonchev–Trinajstić information content (AvgIpc) is 2.83. The van der Waals surface area contributed by atoms with Gasteiger partial charge in [-0.25, -0.2) is 4.98 Å². The number of rotatable bonds is 4. The Morgan fingerprint density at radius 2 is 1.83 bits per heavy atom. The molecule has 1 atom stereocenters. The molecule has 0 radical (unpaired) electrons. The van der Waals surface area contributed by atoms with E-state index in [1.165, 1.54) is 0 Å². The maximum atomic E-state index is 10.4. The molecule has 0 saturated heterocycles. The zero-order chi connectivity index (χ0) is 13.1. The summed E-state index contributed by atoms with van der Waals surface area (Å²) in [5.41, 5.74) is 0.580. The second kappa shape index (κ2) is 5.10. The van der Waals surface area contributed by atoms with Crippen molar-refractivity contribution in [1.82, 2.24) is 9.55 Å². The number of ether oxygens (including phenoxy) is 2. The lowest BCUT2D eigenvalue weighted by Gasteiger charge is -2.17. The van der Waals surface area contributed by atoms with Crippen LogP contribution in [0.3, 0.4) is 0 Å². The fourth-order valence-corrected chi connectivity index (χ4v) is 1.92. The lowest BCUT2D eigenvalue weighted by Crippen LogP contribution is -2.09. The molecule has 1 aromatic heterocycles. The van der Waals surface area contributed by atoms with Crippen molar-refractivity contribution < 1.29 is 14.6 Å². The first-order valence-corrected chi connectivity index (χ1v) is 5.55. The van der Waals surface area contributed by atoms with Crippen molar-refractivity contribution in [2.75, 3.05) is 14.2 Å². The van der Waals surface area contributed by atoms with Crippen LogP contribution in [0.25, 0.3) is 0 Å². The van der Waals surface area contributed by atoms with Gasteiger partial charge in [-0.2, -0.15) is 0 Å². The molecule has 2 rings (SSSR count). The molecule has 2 aromatic rings. The van der Waals surface area contributed by atoms with Gasteiger partial charge in [-0.05, 0) is 12.1 Å². The van der Waals surface area contributed by atoms with Crippen molar-refractivity contribution in [2.45, 2.75) is 6.10 Å². The molecule has 0 fully saturated rings. The van der Waals surface area contributed by atoms with Gasteiger partial charge in [0.25, 0.3) is 0 Å². The Labute approximate surface area is 106 Å². The van der Waals surface area contributed by atoms with Crippen molar-refractivity contribution >= 4 is 0 Å². The summed E-state index contributed by atoms with van der Waals surface area (Å²) in [7, 11) is 4.94. The monoisotopic (exact) mass is 248 g/mol. The number of hydrogen-bond donors (Lipinski definition) is 1. The predicted molar refractivity (Wildman–Crippen MR) is 66.8 cm³/mol. The quantitative estimate of drug-likeness (QED) is 0.891. The van der Waals surface area contributed by atoms with Gasteiger partial charge in [-0.3, -0.25) is 0 Å². The van der Waals surface area contributed by atoms with Crippen LogP contribution in [-0.4, -0.2) is 28.9 Å². The van der Waals surface area contributed by atoms with Crippen LogP contribution >= 0.6 is 0 Å². The highest BCUT2D eigenvalue weighted by Crippen LogP contribution is 2.36. The number of imidazole rings is 1. The van der Waals surface area contributed by atoms with Gasteiger partial charge < -0.3 is 19.1 Å². The van der Waals surface area contributed by atoms with Crippen LogP contribution in [0, 0.1) is 0 Å². The third kappa shape index (κ3) is 2.04. The number of aromatic nitrogens is 2. The predicted octanol–water partition coefficient (Wildman–Crippen LogP) is 1.52. The van der Waals surface area contributed by atoms with Crippen LogP contribution in [0.2, 0.25) is 0 Å². The molecule has 96 valence electrons. The second-order valence-corrected chi connectivity index (χ2v) is 3.88. The molecule has 1 heterocycles. The standard InChI is InChI=1S/C13H16N2O3/c1-15-8-7-14-13(15)12(16)11-9(17-2)5-4-6-10(11)18-3/h4-8,12,16H,1-3H3. The first-order valence-electron chi connectivity index (χ1n) is 5.55. The Bertz CT molecular complexity index is 515. The van der Waals surface area contributed by atoms with E-state index in [1.54, 1.807) is 43.3 Å². The third-order valence-electron chi connectivity index (χ3n) is 2.84. The fourth-order valence-electron chi connectivity index (χ4n) is 1.92. The molecular weight excluding hydrogens is 232 g/mol.